The molecule has 80 valence electrons. The maximum Gasteiger partial charge on any atom is 0.0981 e. The zero-order chi connectivity index (χ0) is 10.3. The van der Waals surface area contributed by atoms with Crippen LogP contribution in [0.2, 0.25) is 5.02 Å². The summed E-state index contributed by atoms with van der Waals surface area (Å²) in [7, 11) is 0. The lowest BCUT2D eigenvalue weighted by atomic mass is 9.85. The summed E-state index contributed by atoms with van der Waals surface area (Å²) in [5.74, 6) is 0. The maximum atomic E-state index is 6.03. The van der Waals surface area contributed by atoms with E-state index in [9.17, 15) is 0 Å². The number of aryl methyl sites for hydroxylation is 1. The number of hydrogen-bond acceptors (Lipinski definition) is 2. The van der Waals surface area contributed by atoms with Crippen LogP contribution in [0.1, 0.15) is 23.7 Å². The molecule has 1 heterocycles. The average Bonchev–Trinajstić information content (AvgIpc) is 2.29. The number of nitrogens with one attached hydrogen (secondary N) is 1. The lowest BCUT2D eigenvalue weighted by Gasteiger charge is -2.37. The molecule has 1 saturated heterocycles. The number of rotatable bonds is 0. The summed E-state index contributed by atoms with van der Waals surface area (Å²) < 4.78 is 5.84. The zero-order valence-electron chi connectivity index (χ0n) is 8.50. The Hall–Kier alpha value is -0.570. The number of hydrogen-bond donors (Lipinski definition) is 1. The van der Waals surface area contributed by atoms with Gasteiger partial charge in [0.15, 0.2) is 0 Å². The van der Waals surface area contributed by atoms with E-state index in [0.717, 1.165) is 24.6 Å². The van der Waals surface area contributed by atoms with E-state index in [1.165, 1.54) is 17.5 Å². The molecular formula is C12H14ClNO. The minimum absolute atomic E-state index is 0.209. The van der Waals surface area contributed by atoms with E-state index in [2.05, 4.69) is 17.4 Å². The lowest BCUT2D eigenvalue weighted by molar-refractivity contribution is -0.0127. The van der Waals surface area contributed by atoms with Crippen LogP contribution in [0.15, 0.2) is 18.2 Å². The van der Waals surface area contributed by atoms with E-state index in [1.54, 1.807) is 0 Å². The van der Waals surface area contributed by atoms with Crippen LogP contribution in [0.3, 0.4) is 0 Å². The lowest BCUT2D eigenvalue weighted by Crippen LogP contribution is -2.45. The highest BCUT2D eigenvalue weighted by molar-refractivity contribution is 6.30. The molecule has 0 amide bonds. The van der Waals surface area contributed by atoms with Crippen molar-refractivity contribution in [1.82, 2.24) is 5.32 Å². The third-order valence-corrected chi connectivity index (χ3v) is 3.55. The van der Waals surface area contributed by atoms with Crippen molar-refractivity contribution in [2.45, 2.75) is 25.0 Å². The molecule has 0 radical (unpaired) electrons. The minimum Gasteiger partial charge on any atom is -0.371 e. The highest BCUT2D eigenvalue weighted by Gasteiger charge is 2.32. The third kappa shape index (κ3) is 1.67. The maximum absolute atomic E-state index is 6.03. The van der Waals surface area contributed by atoms with Crippen LogP contribution in [0.5, 0.6) is 0 Å². The van der Waals surface area contributed by atoms with Crippen LogP contribution in [0.25, 0.3) is 0 Å². The van der Waals surface area contributed by atoms with Crippen molar-refractivity contribution in [2.75, 3.05) is 13.2 Å². The minimum atomic E-state index is 0.209. The Balaban J connectivity index is 2.01. The Morgan fingerprint density at radius 2 is 2.33 bits per heavy atom. The van der Waals surface area contributed by atoms with Crippen LogP contribution in [-0.2, 0) is 11.2 Å². The van der Waals surface area contributed by atoms with Gasteiger partial charge < -0.3 is 10.1 Å². The van der Waals surface area contributed by atoms with Crippen LogP contribution in [-0.4, -0.2) is 19.2 Å². The number of morpholine rings is 1. The number of ether oxygens (including phenoxy) is 1. The molecule has 15 heavy (non-hydrogen) atoms. The summed E-state index contributed by atoms with van der Waals surface area (Å²) in [6, 6.07) is 6.63. The van der Waals surface area contributed by atoms with Crippen molar-refractivity contribution >= 4 is 11.6 Å². The molecule has 2 unspecified atom stereocenters. The van der Waals surface area contributed by atoms with E-state index in [4.69, 9.17) is 16.3 Å². The number of benzene rings is 1. The van der Waals surface area contributed by atoms with Gasteiger partial charge in [-0.3, -0.25) is 0 Å². The second-order valence-electron chi connectivity index (χ2n) is 4.23. The first-order valence-corrected chi connectivity index (χ1v) is 5.86. The SMILES string of the molecule is Clc1ccc2c(c1)C1OCCNC1CC2. The van der Waals surface area contributed by atoms with Crippen LogP contribution in [0.4, 0.5) is 0 Å². The van der Waals surface area contributed by atoms with Crippen LogP contribution >= 0.6 is 11.6 Å². The molecule has 2 aliphatic rings. The third-order valence-electron chi connectivity index (χ3n) is 3.31. The van der Waals surface area contributed by atoms with Crippen molar-refractivity contribution in [2.24, 2.45) is 0 Å². The summed E-state index contributed by atoms with van der Waals surface area (Å²) in [4.78, 5) is 0. The summed E-state index contributed by atoms with van der Waals surface area (Å²) in [5, 5.41) is 4.32. The Bertz CT molecular complexity index is 380. The fraction of sp³-hybridized carbons (Fsp3) is 0.500. The van der Waals surface area contributed by atoms with Crippen molar-refractivity contribution in [3.05, 3.63) is 34.3 Å². The smallest absolute Gasteiger partial charge is 0.0981 e. The molecule has 0 spiro atoms. The van der Waals surface area contributed by atoms with Gasteiger partial charge in [0.1, 0.15) is 0 Å². The van der Waals surface area contributed by atoms with Crippen LogP contribution in [0, 0.1) is 0 Å². The topological polar surface area (TPSA) is 21.3 Å². The molecule has 0 bridgehead atoms. The fourth-order valence-electron chi connectivity index (χ4n) is 2.58. The van der Waals surface area contributed by atoms with Gasteiger partial charge in [-0.05, 0) is 36.1 Å². The fourth-order valence-corrected chi connectivity index (χ4v) is 2.76. The molecule has 1 N–H and O–H groups in total. The van der Waals surface area contributed by atoms with Crippen molar-refractivity contribution < 1.29 is 4.74 Å². The van der Waals surface area contributed by atoms with Gasteiger partial charge in [0, 0.05) is 17.6 Å². The quantitative estimate of drug-likeness (QED) is 0.729. The van der Waals surface area contributed by atoms with Gasteiger partial charge in [-0.15, -0.1) is 0 Å². The largest absolute Gasteiger partial charge is 0.371 e. The van der Waals surface area contributed by atoms with E-state index in [1.807, 2.05) is 6.07 Å². The first-order chi connectivity index (χ1) is 7.34. The molecule has 1 fully saturated rings. The second kappa shape index (κ2) is 3.78. The summed E-state index contributed by atoms with van der Waals surface area (Å²) in [6.07, 6.45) is 2.50. The molecule has 1 aliphatic heterocycles. The monoisotopic (exact) mass is 223 g/mol. The van der Waals surface area contributed by atoms with Crippen molar-refractivity contribution in [3.63, 3.8) is 0 Å². The van der Waals surface area contributed by atoms with Gasteiger partial charge in [-0.2, -0.15) is 0 Å². The zero-order valence-corrected chi connectivity index (χ0v) is 9.26. The Morgan fingerprint density at radius 1 is 1.40 bits per heavy atom. The van der Waals surface area contributed by atoms with Gasteiger partial charge in [0.2, 0.25) is 0 Å². The molecule has 1 aromatic carbocycles. The van der Waals surface area contributed by atoms with Gasteiger partial charge >= 0.3 is 0 Å². The normalized spacial score (nSPS) is 29.4. The highest BCUT2D eigenvalue weighted by Crippen LogP contribution is 2.35. The van der Waals surface area contributed by atoms with E-state index >= 15 is 0 Å². The molecule has 0 saturated carbocycles. The van der Waals surface area contributed by atoms with Crippen molar-refractivity contribution in [1.29, 1.82) is 0 Å². The average molecular weight is 224 g/mol. The highest BCUT2D eigenvalue weighted by atomic mass is 35.5. The standard InChI is InChI=1S/C12H14ClNO/c13-9-3-1-8-2-4-11-12(10(8)7-9)15-6-5-14-11/h1,3,7,11-12,14H,2,4-6H2. The Labute approximate surface area is 94.6 Å². The van der Waals surface area contributed by atoms with E-state index in [0.29, 0.717) is 6.04 Å². The first-order valence-electron chi connectivity index (χ1n) is 5.48. The van der Waals surface area contributed by atoms with E-state index < -0.39 is 0 Å². The predicted molar refractivity (Wildman–Crippen MR) is 60.3 cm³/mol. The summed E-state index contributed by atoms with van der Waals surface area (Å²) >= 11 is 6.03. The molecule has 2 atom stereocenters. The number of fused-ring (bicyclic) bond motifs is 3. The summed E-state index contributed by atoms with van der Waals surface area (Å²) in [6.45, 7) is 1.77. The molecule has 3 heteroatoms. The Kier molecular flexibility index (Phi) is 2.43. The van der Waals surface area contributed by atoms with Crippen molar-refractivity contribution in [3.8, 4) is 0 Å². The molecule has 1 aliphatic carbocycles. The molecule has 1 aromatic rings. The van der Waals surface area contributed by atoms with Crippen LogP contribution < -0.4 is 5.32 Å². The molecule has 2 nitrogen and oxygen atoms in total. The van der Waals surface area contributed by atoms with Gasteiger partial charge in [-0.25, -0.2) is 0 Å². The predicted octanol–water partition coefficient (Wildman–Crippen LogP) is 2.32. The second-order valence-corrected chi connectivity index (χ2v) is 4.67. The van der Waals surface area contributed by atoms with Gasteiger partial charge in [0.05, 0.1) is 12.7 Å². The summed E-state index contributed by atoms with van der Waals surface area (Å²) in [5.41, 5.74) is 2.68. The molecule has 0 aromatic heterocycles. The van der Waals surface area contributed by atoms with Gasteiger partial charge in [-0.1, -0.05) is 17.7 Å². The number of halogens is 1. The van der Waals surface area contributed by atoms with E-state index in [-0.39, 0.29) is 6.10 Å². The molecule has 3 rings (SSSR count). The van der Waals surface area contributed by atoms with Gasteiger partial charge in [0.25, 0.3) is 0 Å². The first kappa shape index (κ1) is 9.64. The Morgan fingerprint density at radius 3 is 3.27 bits per heavy atom. The molecular weight excluding hydrogens is 210 g/mol.